The number of amides is 2. The van der Waals surface area contributed by atoms with E-state index in [-0.39, 0.29) is 23.8 Å². The number of aromatic nitrogens is 6. The van der Waals surface area contributed by atoms with Crippen molar-refractivity contribution in [2.45, 2.75) is 31.2 Å². The topological polar surface area (TPSA) is 122 Å². The van der Waals surface area contributed by atoms with Crippen molar-refractivity contribution in [1.82, 2.24) is 35.1 Å². The number of likely N-dealkylation sites (tertiary alicyclic amines) is 1. The lowest BCUT2D eigenvalue weighted by Crippen LogP contribution is -2.41. The van der Waals surface area contributed by atoms with Crippen molar-refractivity contribution in [3.05, 3.63) is 113 Å². The molecule has 1 fully saturated rings. The van der Waals surface area contributed by atoms with E-state index in [9.17, 15) is 9.59 Å². The van der Waals surface area contributed by atoms with Gasteiger partial charge in [0, 0.05) is 34.8 Å². The summed E-state index contributed by atoms with van der Waals surface area (Å²) in [6, 6.07) is 21.2. The number of carbonyl (C=O) groups is 2. The van der Waals surface area contributed by atoms with Gasteiger partial charge in [0.2, 0.25) is 11.8 Å². The van der Waals surface area contributed by atoms with Crippen molar-refractivity contribution in [1.29, 1.82) is 0 Å². The van der Waals surface area contributed by atoms with Crippen LogP contribution in [0.2, 0.25) is 5.02 Å². The van der Waals surface area contributed by atoms with E-state index in [1.807, 2.05) is 47.4 Å². The van der Waals surface area contributed by atoms with Gasteiger partial charge < -0.3 is 15.2 Å². The maximum absolute atomic E-state index is 13.9. The van der Waals surface area contributed by atoms with Crippen LogP contribution in [0.15, 0.2) is 85.3 Å². The first-order chi connectivity index (χ1) is 21.0. The number of aromatic amines is 1. The van der Waals surface area contributed by atoms with Crippen LogP contribution >= 0.6 is 11.6 Å². The Bertz CT molecular complexity index is 1830. The van der Waals surface area contributed by atoms with Crippen molar-refractivity contribution in [3.8, 4) is 16.9 Å². The number of nitrogens with one attached hydrogen (secondary N) is 2. The number of hydrogen-bond acceptors (Lipinski definition) is 6. The molecule has 3 aromatic carbocycles. The summed E-state index contributed by atoms with van der Waals surface area (Å²) in [5.74, 6) is 0.636. The van der Waals surface area contributed by atoms with Gasteiger partial charge in [-0.25, -0.2) is 4.98 Å². The number of imidazole rings is 1. The second-order valence-electron chi connectivity index (χ2n) is 10.7. The van der Waals surface area contributed by atoms with Crippen molar-refractivity contribution < 1.29 is 9.59 Å². The molecule has 2 aromatic heterocycles. The lowest BCUT2D eigenvalue weighted by molar-refractivity contribution is -0.130. The zero-order valence-electron chi connectivity index (χ0n) is 23.0. The first-order valence-corrected chi connectivity index (χ1v) is 14.5. The van der Waals surface area contributed by atoms with E-state index >= 15 is 0 Å². The fraction of sp³-hybridized carbons (Fsp3) is 0.188. The monoisotopic (exact) mass is 590 g/mol. The minimum atomic E-state index is -0.307. The standard InChI is InChI=1S/C32H27ClN8O2/c33-24-10-12-28(41-19-35-38-39-41)22(16-24)9-13-30(43)40-14-4-7-25(20-5-2-1-3-6-20)31(40)32-34-18-27(37-32)21-8-11-26-23(15-21)17-29(42)36-26/h1-3,5-6,8-13,15-16,18-19,25,31H,4,7,14,17H2,(H,34,37)(H,36,42)/b13-9+/t25-,31-/m0/s1. The van der Waals surface area contributed by atoms with Crippen LogP contribution < -0.4 is 5.32 Å². The first-order valence-electron chi connectivity index (χ1n) is 14.1. The molecule has 43 heavy (non-hydrogen) atoms. The number of rotatable bonds is 6. The van der Waals surface area contributed by atoms with E-state index in [1.165, 1.54) is 11.0 Å². The first kappa shape index (κ1) is 26.8. The smallest absolute Gasteiger partial charge is 0.247 e. The SMILES string of the molecule is O=C1Cc2cc(-c3cnc([C@@H]4[C@H](c5ccccc5)CCCN4C(=O)/C=C/c4cc(Cl)ccc4-n4cnnn4)[nH]3)ccc2N1. The number of fused-ring (bicyclic) bond motifs is 1. The Morgan fingerprint density at radius 3 is 2.79 bits per heavy atom. The highest BCUT2D eigenvalue weighted by atomic mass is 35.5. The van der Waals surface area contributed by atoms with Crippen LogP contribution in [0, 0.1) is 0 Å². The normalized spacial score (nSPS) is 18.2. The van der Waals surface area contributed by atoms with Crippen LogP contribution in [0.25, 0.3) is 23.0 Å². The van der Waals surface area contributed by atoms with E-state index in [1.54, 1.807) is 30.5 Å². The molecule has 11 heteroatoms. The Labute approximate surface area is 252 Å². The number of nitrogens with zero attached hydrogens (tertiary/aromatic N) is 6. The number of H-pyrrole nitrogens is 1. The number of halogens is 1. The number of anilines is 1. The van der Waals surface area contributed by atoms with Gasteiger partial charge in [-0.05, 0) is 76.4 Å². The van der Waals surface area contributed by atoms with E-state index in [0.29, 0.717) is 29.2 Å². The lowest BCUT2D eigenvalue weighted by Gasteiger charge is -2.40. The molecule has 10 nitrogen and oxygen atoms in total. The molecule has 2 N–H and O–H groups in total. The molecule has 2 aliphatic rings. The lowest BCUT2D eigenvalue weighted by atomic mass is 9.83. The van der Waals surface area contributed by atoms with Crippen molar-refractivity contribution in [2.75, 3.05) is 11.9 Å². The molecule has 0 bridgehead atoms. The second-order valence-corrected chi connectivity index (χ2v) is 11.1. The largest absolute Gasteiger partial charge is 0.340 e. The van der Waals surface area contributed by atoms with Gasteiger partial charge in [0.05, 0.1) is 30.0 Å². The highest BCUT2D eigenvalue weighted by Gasteiger charge is 2.37. The minimum Gasteiger partial charge on any atom is -0.340 e. The second kappa shape index (κ2) is 11.3. The number of benzene rings is 3. The Hall–Kier alpha value is -5.09. The highest BCUT2D eigenvalue weighted by Crippen LogP contribution is 2.42. The van der Waals surface area contributed by atoms with Crippen LogP contribution in [0.5, 0.6) is 0 Å². The molecule has 0 aliphatic carbocycles. The molecular weight excluding hydrogens is 564 g/mol. The van der Waals surface area contributed by atoms with E-state index < -0.39 is 0 Å². The van der Waals surface area contributed by atoms with Gasteiger partial charge in [-0.15, -0.1) is 5.10 Å². The molecule has 2 aliphatic heterocycles. The summed E-state index contributed by atoms with van der Waals surface area (Å²) < 4.78 is 1.53. The van der Waals surface area contributed by atoms with Gasteiger partial charge >= 0.3 is 0 Å². The quantitative estimate of drug-likeness (QED) is 0.257. The Balaban J connectivity index is 1.23. The van der Waals surface area contributed by atoms with Gasteiger partial charge in [-0.1, -0.05) is 48.0 Å². The molecule has 0 radical (unpaired) electrons. The van der Waals surface area contributed by atoms with Gasteiger partial charge in [-0.3, -0.25) is 9.59 Å². The summed E-state index contributed by atoms with van der Waals surface area (Å²) >= 11 is 6.30. The van der Waals surface area contributed by atoms with Crippen LogP contribution in [0.1, 0.15) is 47.3 Å². The maximum Gasteiger partial charge on any atom is 0.247 e. The molecule has 5 aromatic rings. The Morgan fingerprint density at radius 2 is 1.95 bits per heavy atom. The average Bonchev–Trinajstić information content (AvgIpc) is 3.81. The predicted molar refractivity (Wildman–Crippen MR) is 162 cm³/mol. The average molecular weight is 591 g/mol. The maximum atomic E-state index is 13.9. The van der Waals surface area contributed by atoms with Crippen molar-refractivity contribution >= 4 is 35.2 Å². The van der Waals surface area contributed by atoms with Crippen molar-refractivity contribution in [3.63, 3.8) is 0 Å². The van der Waals surface area contributed by atoms with E-state index in [0.717, 1.165) is 46.7 Å². The molecule has 1 saturated heterocycles. The van der Waals surface area contributed by atoms with E-state index in [4.69, 9.17) is 16.6 Å². The number of hydrogen-bond donors (Lipinski definition) is 2. The van der Waals surface area contributed by atoms with Gasteiger partial charge in [0.25, 0.3) is 0 Å². The Kier molecular flexibility index (Phi) is 7.04. The summed E-state index contributed by atoms with van der Waals surface area (Å²) in [6.07, 6.45) is 8.78. The van der Waals surface area contributed by atoms with E-state index in [2.05, 4.69) is 38.0 Å². The summed E-state index contributed by atoms with van der Waals surface area (Å²) in [6.45, 7) is 0.592. The third-order valence-corrected chi connectivity index (χ3v) is 8.28. The third-order valence-electron chi connectivity index (χ3n) is 8.05. The molecule has 0 unspecified atom stereocenters. The molecule has 7 rings (SSSR count). The molecule has 214 valence electrons. The molecule has 4 heterocycles. The van der Waals surface area contributed by atoms with Crippen molar-refractivity contribution in [2.24, 2.45) is 0 Å². The molecule has 2 amide bonds. The zero-order valence-corrected chi connectivity index (χ0v) is 23.8. The molecule has 0 spiro atoms. The van der Waals surface area contributed by atoms with Gasteiger partial charge in [0.1, 0.15) is 12.2 Å². The van der Waals surface area contributed by atoms with Crippen LogP contribution in [-0.2, 0) is 16.0 Å². The predicted octanol–water partition coefficient (Wildman–Crippen LogP) is 5.36. The summed E-state index contributed by atoms with van der Waals surface area (Å²) in [4.78, 5) is 36.0. The number of tetrazole rings is 1. The zero-order chi connectivity index (χ0) is 29.3. The van der Waals surface area contributed by atoms with Crippen LogP contribution in [0.4, 0.5) is 5.69 Å². The minimum absolute atomic E-state index is 0.00424. The fourth-order valence-corrected chi connectivity index (χ4v) is 6.24. The highest BCUT2D eigenvalue weighted by molar-refractivity contribution is 6.30. The summed E-state index contributed by atoms with van der Waals surface area (Å²) in [7, 11) is 0. The van der Waals surface area contributed by atoms with Gasteiger partial charge in [-0.2, -0.15) is 4.68 Å². The number of piperidine rings is 1. The fourth-order valence-electron chi connectivity index (χ4n) is 6.06. The Morgan fingerprint density at radius 1 is 1.07 bits per heavy atom. The van der Waals surface area contributed by atoms with Crippen LogP contribution in [0.3, 0.4) is 0 Å². The molecule has 0 saturated carbocycles. The summed E-state index contributed by atoms with van der Waals surface area (Å²) in [5, 5.41) is 14.9. The van der Waals surface area contributed by atoms with Crippen LogP contribution in [-0.4, -0.2) is 53.4 Å². The van der Waals surface area contributed by atoms with Gasteiger partial charge in [0.15, 0.2) is 0 Å². The molecular formula is C32H27ClN8O2. The molecule has 2 atom stereocenters. The third kappa shape index (κ3) is 5.32. The summed E-state index contributed by atoms with van der Waals surface area (Å²) in [5.41, 5.74) is 6.16. The number of carbonyl (C=O) groups excluding carboxylic acids is 2.